The summed E-state index contributed by atoms with van der Waals surface area (Å²) < 4.78 is 15.7. The summed E-state index contributed by atoms with van der Waals surface area (Å²) in [6.45, 7) is 6.36. The molecule has 0 heterocycles. The molecule has 0 saturated heterocycles. The van der Waals surface area contributed by atoms with E-state index in [0.29, 0.717) is 34.0 Å². The van der Waals surface area contributed by atoms with Gasteiger partial charge in [-0.05, 0) is 46.9 Å². The summed E-state index contributed by atoms with van der Waals surface area (Å²) in [5, 5.41) is 9.76. The molecule has 25 heavy (non-hydrogen) atoms. The van der Waals surface area contributed by atoms with Gasteiger partial charge in [-0.15, -0.1) is 0 Å². The van der Waals surface area contributed by atoms with Crippen LogP contribution >= 0.6 is 23.2 Å². The van der Waals surface area contributed by atoms with Crippen LogP contribution in [0.1, 0.15) is 56.2 Å². The molecule has 4 heteroatoms. The Balaban J connectivity index is 2.33. The molecule has 0 N–H and O–H groups in total. The monoisotopic (exact) mass is 375 g/mol. The van der Waals surface area contributed by atoms with Crippen LogP contribution in [0.25, 0.3) is 11.1 Å². The molecular weight excluding hydrogens is 356 g/mol. The van der Waals surface area contributed by atoms with Crippen molar-refractivity contribution in [3.63, 3.8) is 0 Å². The van der Waals surface area contributed by atoms with Gasteiger partial charge in [0.25, 0.3) is 0 Å². The lowest BCUT2D eigenvalue weighted by molar-refractivity contribution is 0.487. The smallest absolute Gasteiger partial charge is 0.135 e. The standard InChI is InChI=1S/C21H20Cl2FN/c1-12-11-21(2,3)15-10-13(6-5-9-25)18(20(24)17(12)15)14-7-4-8-16(22)19(14)23/h4,7-8,10,12H,5-6,11H2,1-3H3. The highest BCUT2D eigenvalue weighted by Crippen LogP contribution is 2.50. The summed E-state index contributed by atoms with van der Waals surface area (Å²) in [7, 11) is 0. The van der Waals surface area contributed by atoms with Gasteiger partial charge in [-0.25, -0.2) is 4.39 Å². The second-order valence-electron chi connectivity index (χ2n) is 7.43. The number of nitrogens with zero attached hydrogens (tertiary/aromatic N) is 1. The average molecular weight is 376 g/mol. The lowest BCUT2D eigenvalue weighted by atomic mass is 9.83. The molecule has 2 aromatic carbocycles. The van der Waals surface area contributed by atoms with Gasteiger partial charge < -0.3 is 0 Å². The molecule has 0 bridgehead atoms. The van der Waals surface area contributed by atoms with Crippen LogP contribution in [0.15, 0.2) is 24.3 Å². The molecule has 1 atom stereocenters. The molecule has 0 radical (unpaired) electrons. The SMILES string of the molecule is CC1CC(C)(C)c2cc(CCC#N)c(-c3cccc(Cl)c3Cl)c(F)c21. The Morgan fingerprint density at radius 2 is 2.04 bits per heavy atom. The average Bonchev–Trinajstić information content (AvgIpc) is 2.78. The molecule has 130 valence electrons. The maximum Gasteiger partial charge on any atom is 0.135 e. The molecule has 0 fully saturated rings. The fraction of sp³-hybridized carbons (Fsp3) is 0.381. The van der Waals surface area contributed by atoms with E-state index in [0.717, 1.165) is 23.1 Å². The predicted octanol–water partition coefficient (Wildman–Crippen LogP) is 7.04. The highest BCUT2D eigenvalue weighted by atomic mass is 35.5. The second-order valence-corrected chi connectivity index (χ2v) is 8.22. The largest absolute Gasteiger partial charge is 0.206 e. The highest BCUT2D eigenvalue weighted by Gasteiger charge is 2.38. The van der Waals surface area contributed by atoms with E-state index in [1.54, 1.807) is 18.2 Å². The summed E-state index contributed by atoms with van der Waals surface area (Å²) in [6, 6.07) is 9.49. The van der Waals surface area contributed by atoms with E-state index in [-0.39, 0.29) is 17.2 Å². The van der Waals surface area contributed by atoms with Gasteiger partial charge in [0.15, 0.2) is 0 Å². The van der Waals surface area contributed by atoms with Crippen LogP contribution in [0, 0.1) is 17.1 Å². The number of hydrogen-bond donors (Lipinski definition) is 0. The molecule has 2 aromatic rings. The number of hydrogen-bond acceptors (Lipinski definition) is 1. The minimum Gasteiger partial charge on any atom is -0.206 e. The number of halogens is 3. The molecule has 1 unspecified atom stereocenters. The van der Waals surface area contributed by atoms with Crippen LogP contribution in [0.5, 0.6) is 0 Å². The van der Waals surface area contributed by atoms with Crippen LogP contribution in [-0.4, -0.2) is 0 Å². The molecule has 1 aliphatic rings. The molecule has 1 nitrogen and oxygen atoms in total. The first-order valence-corrected chi connectivity index (χ1v) is 9.20. The van der Waals surface area contributed by atoms with Crippen LogP contribution in [0.3, 0.4) is 0 Å². The van der Waals surface area contributed by atoms with Crippen molar-refractivity contribution in [2.75, 3.05) is 0 Å². The fourth-order valence-electron chi connectivity index (χ4n) is 4.11. The number of fused-ring (bicyclic) bond motifs is 1. The molecule has 0 spiro atoms. The summed E-state index contributed by atoms with van der Waals surface area (Å²) in [5.41, 5.74) is 3.66. The Kier molecular flexibility index (Phi) is 4.84. The van der Waals surface area contributed by atoms with Gasteiger partial charge in [0.1, 0.15) is 5.82 Å². The lowest BCUT2D eigenvalue weighted by Crippen LogP contribution is -2.13. The van der Waals surface area contributed by atoms with Crippen LogP contribution in [-0.2, 0) is 11.8 Å². The molecular formula is C21H20Cl2FN. The third kappa shape index (κ3) is 3.05. The van der Waals surface area contributed by atoms with E-state index in [4.69, 9.17) is 28.5 Å². The third-order valence-electron chi connectivity index (χ3n) is 5.15. The Morgan fingerprint density at radius 3 is 2.72 bits per heavy atom. The zero-order valence-electron chi connectivity index (χ0n) is 14.6. The van der Waals surface area contributed by atoms with Crippen molar-refractivity contribution in [1.29, 1.82) is 5.26 Å². The van der Waals surface area contributed by atoms with Gasteiger partial charge in [-0.1, -0.05) is 62.2 Å². The van der Waals surface area contributed by atoms with Crippen molar-refractivity contribution in [2.45, 2.75) is 51.4 Å². The maximum absolute atomic E-state index is 15.7. The van der Waals surface area contributed by atoms with E-state index in [1.165, 1.54) is 0 Å². The van der Waals surface area contributed by atoms with Gasteiger partial charge in [0.2, 0.25) is 0 Å². The van der Waals surface area contributed by atoms with Crippen molar-refractivity contribution >= 4 is 23.2 Å². The van der Waals surface area contributed by atoms with Crippen molar-refractivity contribution < 1.29 is 4.39 Å². The van der Waals surface area contributed by atoms with Crippen molar-refractivity contribution in [1.82, 2.24) is 0 Å². The number of rotatable bonds is 3. The normalized spacial score (nSPS) is 18.0. The molecule has 0 saturated carbocycles. The van der Waals surface area contributed by atoms with Crippen molar-refractivity contribution in [2.24, 2.45) is 0 Å². The Bertz CT molecular complexity index is 880. The summed E-state index contributed by atoms with van der Waals surface area (Å²) in [4.78, 5) is 0. The van der Waals surface area contributed by atoms with E-state index in [9.17, 15) is 0 Å². The second kappa shape index (κ2) is 6.63. The zero-order chi connectivity index (χ0) is 18.4. The summed E-state index contributed by atoms with van der Waals surface area (Å²) >= 11 is 12.5. The number of benzene rings is 2. The van der Waals surface area contributed by atoms with Crippen molar-refractivity contribution in [3.05, 3.63) is 56.8 Å². The highest BCUT2D eigenvalue weighted by molar-refractivity contribution is 6.43. The maximum atomic E-state index is 15.7. The first-order valence-electron chi connectivity index (χ1n) is 8.45. The number of aryl methyl sites for hydroxylation is 1. The molecule has 1 aliphatic carbocycles. The quantitative estimate of drug-likeness (QED) is 0.564. The summed E-state index contributed by atoms with van der Waals surface area (Å²) in [6.07, 6.45) is 1.73. The van der Waals surface area contributed by atoms with Crippen molar-refractivity contribution in [3.8, 4) is 17.2 Å². The van der Waals surface area contributed by atoms with Gasteiger partial charge in [0, 0.05) is 17.5 Å². The van der Waals surface area contributed by atoms with Gasteiger partial charge in [0.05, 0.1) is 16.1 Å². The van der Waals surface area contributed by atoms with Crippen LogP contribution in [0.4, 0.5) is 4.39 Å². The van der Waals surface area contributed by atoms with Gasteiger partial charge in [-0.2, -0.15) is 5.26 Å². The zero-order valence-corrected chi connectivity index (χ0v) is 16.1. The first-order chi connectivity index (χ1) is 11.8. The fourth-order valence-corrected chi connectivity index (χ4v) is 4.51. The predicted molar refractivity (Wildman–Crippen MR) is 102 cm³/mol. The van der Waals surface area contributed by atoms with Crippen LogP contribution in [0.2, 0.25) is 10.0 Å². The molecule has 0 aromatic heterocycles. The van der Waals surface area contributed by atoms with E-state index < -0.39 is 0 Å². The van der Waals surface area contributed by atoms with Gasteiger partial charge >= 0.3 is 0 Å². The van der Waals surface area contributed by atoms with E-state index in [2.05, 4.69) is 32.9 Å². The van der Waals surface area contributed by atoms with Gasteiger partial charge in [-0.3, -0.25) is 0 Å². The number of nitriles is 1. The van der Waals surface area contributed by atoms with Crippen LogP contribution < -0.4 is 0 Å². The minimum atomic E-state index is -0.215. The minimum absolute atomic E-state index is 0.0758. The Morgan fingerprint density at radius 1 is 1.32 bits per heavy atom. The first kappa shape index (κ1) is 18.2. The third-order valence-corrected chi connectivity index (χ3v) is 5.97. The molecule has 0 aliphatic heterocycles. The lowest BCUT2D eigenvalue weighted by Gasteiger charge is -2.22. The Hall–Kier alpha value is -1.56. The summed E-state index contributed by atoms with van der Waals surface area (Å²) in [5.74, 6) is -0.0700. The van der Waals surface area contributed by atoms with E-state index >= 15 is 4.39 Å². The Labute approximate surface area is 158 Å². The molecule has 3 rings (SSSR count). The van der Waals surface area contributed by atoms with E-state index in [1.807, 2.05) is 0 Å². The topological polar surface area (TPSA) is 23.8 Å². The molecule has 0 amide bonds.